The van der Waals surface area contributed by atoms with Gasteiger partial charge in [-0.25, -0.2) is 22.8 Å². The summed E-state index contributed by atoms with van der Waals surface area (Å²) in [6, 6.07) is 13.1. The summed E-state index contributed by atoms with van der Waals surface area (Å²) in [5.41, 5.74) is 0.942. The normalized spacial score (nSPS) is 19.4. The molecule has 0 aliphatic carbocycles. The van der Waals surface area contributed by atoms with E-state index in [-0.39, 0.29) is 10.9 Å². The Morgan fingerprint density at radius 2 is 1.53 bits per heavy atom. The van der Waals surface area contributed by atoms with Gasteiger partial charge in [0.1, 0.15) is 17.5 Å². The largest absolute Gasteiger partial charge is 0.356 e. The molecule has 9 heteroatoms. The Morgan fingerprint density at radius 1 is 0.853 bits per heavy atom. The Balaban J connectivity index is 1.35. The number of piperazine rings is 1. The second kappa shape index (κ2) is 9.56. The number of hydrogen-bond donors (Lipinski definition) is 0. The zero-order chi connectivity index (χ0) is 23.7. The number of halogens is 1. The third-order valence-electron chi connectivity index (χ3n) is 6.90. The molecule has 2 saturated heterocycles. The van der Waals surface area contributed by atoms with Crippen molar-refractivity contribution in [3.63, 3.8) is 0 Å². The Labute approximate surface area is 200 Å². The fraction of sp³-hybridized carbons (Fsp3) is 0.440. The van der Waals surface area contributed by atoms with Gasteiger partial charge in [0.25, 0.3) is 0 Å². The number of benzene rings is 2. The fourth-order valence-electron chi connectivity index (χ4n) is 4.86. The van der Waals surface area contributed by atoms with Gasteiger partial charge in [0.15, 0.2) is 0 Å². The Morgan fingerprint density at radius 3 is 2.24 bits per heavy atom. The molecule has 1 aromatic heterocycles. The summed E-state index contributed by atoms with van der Waals surface area (Å²) in [6.45, 7) is 6.01. The number of para-hydroxylation sites is 1. The van der Waals surface area contributed by atoms with Gasteiger partial charge < -0.3 is 4.90 Å². The van der Waals surface area contributed by atoms with Crippen LogP contribution in [-0.4, -0.2) is 66.9 Å². The van der Waals surface area contributed by atoms with Crippen molar-refractivity contribution in [2.45, 2.75) is 37.1 Å². The maximum atomic E-state index is 13.2. The summed E-state index contributed by atoms with van der Waals surface area (Å²) in [5.74, 6) is 1.33. The van der Waals surface area contributed by atoms with Crippen molar-refractivity contribution >= 4 is 26.7 Å². The van der Waals surface area contributed by atoms with E-state index in [1.54, 1.807) is 0 Å². The number of aromatic nitrogens is 2. The first kappa shape index (κ1) is 23.1. The van der Waals surface area contributed by atoms with Gasteiger partial charge in [-0.2, -0.15) is 4.31 Å². The number of fused-ring (bicyclic) bond motifs is 1. The number of hydrogen-bond acceptors (Lipinski definition) is 6. The number of rotatable bonds is 5. The van der Waals surface area contributed by atoms with E-state index in [2.05, 4.69) is 22.8 Å². The van der Waals surface area contributed by atoms with Gasteiger partial charge in [0, 0.05) is 44.7 Å². The summed E-state index contributed by atoms with van der Waals surface area (Å²) in [7, 11) is -3.64. The molecule has 0 amide bonds. The lowest BCUT2D eigenvalue weighted by Crippen LogP contribution is -2.49. The molecule has 7 nitrogen and oxygen atoms in total. The summed E-state index contributed by atoms with van der Waals surface area (Å²) in [5, 5.41) is 1.08. The third-order valence-corrected chi connectivity index (χ3v) is 8.81. The molecule has 2 aliphatic rings. The van der Waals surface area contributed by atoms with Crippen LogP contribution in [0, 0.1) is 5.82 Å². The first-order chi connectivity index (χ1) is 16.4. The molecule has 0 spiro atoms. The summed E-state index contributed by atoms with van der Waals surface area (Å²) < 4.78 is 40.6. The van der Waals surface area contributed by atoms with Gasteiger partial charge in [-0.1, -0.05) is 12.1 Å². The molecule has 0 radical (unpaired) electrons. The minimum absolute atomic E-state index is 0.0381. The van der Waals surface area contributed by atoms with E-state index in [1.807, 2.05) is 18.2 Å². The van der Waals surface area contributed by atoms with E-state index in [0.717, 1.165) is 35.6 Å². The van der Waals surface area contributed by atoms with E-state index in [4.69, 9.17) is 9.97 Å². The van der Waals surface area contributed by atoms with Gasteiger partial charge >= 0.3 is 0 Å². The third kappa shape index (κ3) is 4.52. The highest BCUT2D eigenvalue weighted by atomic mass is 32.2. The molecule has 5 rings (SSSR count). The van der Waals surface area contributed by atoms with Crippen LogP contribution in [-0.2, 0) is 10.0 Å². The van der Waals surface area contributed by atoms with Crippen molar-refractivity contribution < 1.29 is 12.8 Å². The monoisotopic (exact) mass is 483 g/mol. The van der Waals surface area contributed by atoms with Gasteiger partial charge in [0.05, 0.1) is 16.5 Å². The predicted molar refractivity (Wildman–Crippen MR) is 131 cm³/mol. The molecule has 3 heterocycles. The minimum Gasteiger partial charge on any atom is -0.356 e. The average molecular weight is 484 g/mol. The lowest BCUT2D eigenvalue weighted by Gasteiger charge is -2.37. The second-order valence-corrected chi connectivity index (χ2v) is 11.0. The Bertz CT molecular complexity index is 1250. The summed E-state index contributed by atoms with van der Waals surface area (Å²) >= 11 is 0. The highest BCUT2D eigenvalue weighted by molar-refractivity contribution is 7.89. The molecule has 3 aromatic rings. The SMILES string of the molecule is C[C@H](c1nc(N2CCCCC2)c2ccccc2n1)N1CCN(S(=O)(=O)c2ccc(F)cc2)CC1. The number of nitrogens with zero attached hydrogens (tertiary/aromatic N) is 5. The van der Waals surface area contributed by atoms with Crippen LogP contribution in [0.3, 0.4) is 0 Å². The van der Waals surface area contributed by atoms with Crippen molar-refractivity contribution in [2.24, 2.45) is 0 Å². The van der Waals surface area contributed by atoms with Crippen LogP contribution < -0.4 is 4.90 Å². The zero-order valence-electron chi connectivity index (χ0n) is 19.4. The quantitative estimate of drug-likeness (QED) is 0.550. The summed E-state index contributed by atoms with van der Waals surface area (Å²) in [6.07, 6.45) is 3.61. The van der Waals surface area contributed by atoms with Crippen LogP contribution in [0.15, 0.2) is 53.4 Å². The van der Waals surface area contributed by atoms with Crippen LogP contribution in [0.4, 0.5) is 10.2 Å². The topological polar surface area (TPSA) is 69.6 Å². The molecule has 0 saturated carbocycles. The average Bonchev–Trinajstić information content (AvgIpc) is 2.88. The molecule has 2 fully saturated rings. The standard InChI is InChI=1S/C25H30FN5O2S/c1-19(29-15-17-31(18-16-29)34(32,33)21-11-9-20(26)10-12-21)24-27-23-8-4-3-7-22(23)25(28-24)30-13-5-2-6-14-30/h3-4,7-12,19H,2,5-6,13-18H2,1H3/t19-/m1/s1. The molecule has 1 atom stereocenters. The number of anilines is 1. The zero-order valence-corrected chi connectivity index (χ0v) is 20.2. The number of piperidine rings is 1. The van der Waals surface area contributed by atoms with E-state index >= 15 is 0 Å². The van der Waals surface area contributed by atoms with Gasteiger partial charge in [-0.3, -0.25) is 4.90 Å². The van der Waals surface area contributed by atoms with Crippen LogP contribution >= 0.6 is 0 Å². The molecule has 2 aliphatic heterocycles. The molecule has 0 bridgehead atoms. The molecule has 34 heavy (non-hydrogen) atoms. The highest BCUT2D eigenvalue weighted by Crippen LogP contribution is 2.30. The van der Waals surface area contributed by atoms with Gasteiger partial charge in [-0.15, -0.1) is 0 Å². The van der Waals surface area contributed by atoms with Crippen LogP contribution in [0.1, 0.15) is 38.1 Å². The molecular weight excluding hydrogens is 453 g/mol. The maximum Gasteiger partial charge on any atom is 0.243 e. The Hall–Kier alpha value is -2.62. The van der Waals surface area contributed by atoms with Crippen molar-refractivity contribution in [1.82, 2.24) is 19.2 Å². The predicted octanol–water partition coefficient (Wildman–Crippen LogP) is 3.83. The second-order valence-electron chi connectivity index (χ2n) is 9.04. The molecule has 2 aromatic carbocycles. The van der Waals surface area contributed by atoms with E-state index in [9.17, 15) is 12.8 Å². The Kier molecular flexibility index (Phi) is 6.50. The van der Waals surface area contributed by atoms with Crippen LogP contribution in [0.5, 0.6) is 0 Å². The van der Waals surface area contributed by atoms with Crippen molar-refractivity contribution in [1.29, 1.82) is 0 Å². The van der Waals surface area contributed by atoms with Crippen molar-refractivity contribution in [3.05, 3.63) is 60.2 Å². The molecule has 180 valence electrons. The smallest absolute Gasteiger partial charge is 0.243 e. The van der Waals surface area contributed by atoms with E-state index < -0.39 is 15.8 Å². The molecular formula is C25H30FN5O2S. The van der Waals surface area contributed by atoms with Crippen LogP contribution in [0.25, 0.3) is 10.9 Å². The number of sulfonamides is 1. The first-order valence-corrected chi connectivity index (χ1v) is 13.4. The molecule has 0 N–H and O–H groups in total. The van der Waals surface area contributed by atoms with Gasteiger partial charge in [-0.05, 0) is 62.6 Å². The van der Waals surface area contributed by atoms with Crippen molar-refractivity contribution in [3.8, 4) is 0 Å². The van der Waals surface area contributed by atoms with Gasteiger partial charge in [0.2, 0.25) is 10.0 Å². The van der Waals surface area contributed by atoms with E-state index in [0.29, 0.717) is 26.2 Å². The van der Waals surface area contributed by atoms with Crippen LogP contribution in [0.2, 0.25) is 0 Å². The minimum atomic E-state index is -3.64. The maximum absolute atomic E-state index is 13.2. The van der Waals surface area contributed by atoms with E-state index in [1.165, 1.54) is 47.8 Å². The fourth-order valence-corrected chi connectivity index (χ4v) is 6.28. The summed E-state index contributed by atoms with van der Waals surface area (Å²) in [4.78, 5) is 14.6. The molecule has 0 unspecified atom stereocenters. The lowest BCUT2D eigenvalue weighted by molar-refractivity contribution is 0.141. The highest BCUT2D eigenvalue weighted by Gasteiger charge is 2.31. The lowest BCUT2D eigenvalue weighted by atomic mass is 10.1. The first-order valence-electron chi connectivity index (χ1n) is 11.9. The van der Waals surface area contributed by atoms with Crippen molar-refractivity contribution in [2.75, 3.05) is 44.2 Å².